The van der Waals surface area contributed by atoms with Gasteiger partial charge in [-0.2, -0.15) is 0 Å². The number of hydrogen-bond donors (Lipinski definition) is 1. The summed E-state index contributed by atoms with van der Waals surface area (Å²) in [7, 11) is 0. The second-order valence-corrected chi connectivity index (χ2v) is 5.93. The minimum atomic E-state index is 0.167. The molecule has 1 aromatic rings. The van der Waals surface area contributed by atoms with E-state index in [0.717, 1.165) is 17.9 Å². The number of anilines is 1. The average molecular weight is 285 g/mol. The van der Waals surface area contributed by atoms with E-state index in [1.807, 2.05) is 31.2 Å². The number of hydrogen-bond acceptors (Lipinski definition) is 2. The van der Waals surface area contributed by atoms with Crippen molar-refractivity contribution < 1.29 is 9.53 Å². The van der Waals surface area contributed by atoms with Crippen LogP contribution in [0.15, 0.2) is 36.4 Å². The van der Waals surface area contributed by atoms with Crippen molar-refractivity contribution in [3.05, 3.63) is 36.4 Å². The van der Waals surface area contributed by atoms with Crippen LogP contribution in [0, 0.1) is 17.8 Å². The Morgan fingerprint density at radius 3 is 2.86 bits per heavy atom. The molecular formula is C18H23NO2. The molecule has 1 amide bonds. The molecule has 0 unspecified atom stereocenters. The number of rotatable bonds is 4. The first-order chi connectivity index (χ1) is 10.3. The Labute approximate surface area is 126 Å². The second kappa shape index (κ2) is 6.33. The number of amides is 1. The molecule has 3 nitrogen and oxygen atoms in total. The fourth-order valence-corrected chi connectivity index (χ4v) is 3.33. The number of benzene rings is 1. The topological polar surface area (TPSA) is 38.3 Å². The molecule has 21 heavy (non-hydrogen) atoms. The van der Waals surface area contributed by atoms with Crippen LogP contribution >= 0.6 is 0 Å². The van der Waals surface area contributed by atoms with Gasteiger partial charge >= 0.3 is 0 Å². The molecule has 0 radical (unpaired) electrons. The normalized spacial score (nSPS) is 28.7. The summed E-state index contributed by atoms with van der Waals surface area (Å²) in [5.41, 5.74) is 0.853. The van der Waals surface area contributed by atoms with E-state index >= 15 is 0 Å². The van der Waals surface area contributed by atoms with E-state index in [0.29, 0.717) is 18.4 Å². The first-order valence-corrected chi connectivity index (χ1v) is 8.00. The average Bonchev–Trinajstić information content (AvgIpc) is 3.12. The van der Waals surface area contributed by atoms with E-state index in [2.05, 4.69) is 17.5 Å². The first kappa shape index (κ1) is 14.2. The Bertz CT molecular complexity index is 521. The summed E-state index contributed by atoms with van der Waals surface area (Å²) < 4.78 is 5.41. The van der Waals surface area contributed by atoms with Gasteiger partial charge in [0.15, 0.2) is 0 Å². The zero-order valence-corrected chi connectivity index (χ0v) is 12.5. The van der Waals surface area contributed by atoms with Crippen LogP contribution in [0.4, 0.5) is 5.69 Å². The van der Waals surface area contributed by atoms with Crippen LogP contribution in [0.5, 0.6) is 5.75 Å². The number of carbonyl (C=O) groups is 1. The maximum Gasteiger partial charge on any atom is 0.228 e. The van der Waals surface area contributed by atoms with Gasteiger partial charge in [-0.3, -0.25) is 4.79 Å². The molecule has 1 N–H and O–H groups in total. The highest BCUT2D eigenvalue weighted by Crippen LogP contribution is 2.51. The summed E-state index contributed by atoms with van der Waals surface area (Å²) in [6, 6.07) is 7.61. The monoisotopic (exact) mass is 285 g/mol. The molecule has 112 valence electrons. The molecular weight excluding hydrogens is 262 g/mol. The fraction of sp³-hybridized carbons (Fsp3) is 0.500. The fourth-order valence-electron chi connectivity index (χ4n) is 3.33. The third-order valence-electron chi connectivity index (χ3n) is 4.48. The first-order valence-electron chi connectivity index (χ1n) is 8.00. The zero-order valence-electron chi connectivity index (χ0n) is 12.5. The summed E-state index contributed by atoms with van der Waals surface area (Å²) in [5, 5.41) is 3.04. The molecule has 0 saturated heterocycles. The van der Waals surface area contributed by atoms with Crippen LogP contribution in [-0.4, -0.2) is 12.5 Å². The lowest BCUT2D eigenvalue weighted by molar-refractivity contribution is -0.117. The van der Waals surface area contributed by atoms with Gasteiger partial charge in [0.2, 0.25) is 5.91 Å². The number of carbonyl (C=O) groups excluding carboxylic acids is 1. The molecule has 0 aliphatic heterocycles. The molecule has 1 saturated carbocycles. The van der Waals surface area contributed by atoms with Crippen molar-refractivity contribution in [1.29, 1.82) is 0 Å². The van der Waals surface area contributed by atoms with Gasteiger partial charge in [0, 0.05) is 11.6 Å². The Hall–Kier alpha value is -1.77. The van der Waals surface area contributed by atoms with E-state index in [4.69, 9.17) is 4.74 Å². The number of nitrogens with one attached hydrogen (secondary N) is 1. The standard InChI is InChI=1S/C18H23NO2/c1-2-21-14-11-9-13(10-12-14)19-18(20)17-15-7-5-3-4-6-8-16(15)17/h5,7,9-12,15-17H,2-4,6,8H2,1H3,(H,19,20)/b7-5+/t15-,16+,17-/m1/s1. The third kappa shape index (κ3) is 3.29. The number of ether oxygens (including phenoxy) is 1. The Morgan fingerprint density at radius 1 is 1.29 bits per heavy atom. The van der Waals surface area contributed by atoms with E-state index in [1.54, 1.807) is 0 Å². The van der Waals surface area contributed by atoms with Gasteiger partial charge in [-0.25, -0.2) is 0 Å². The summed E-state index contributed by atoms with van der Waals surface area (Å²) >= 11 is 0. The van der Waals surface area contributed by atoms with Gasteiger partial charge in [-0.1, -0.05) is 18.6 Å². The summed E-state index contributed by atoms with van der Waals surface area (Å²) in [6.45, 7) is 2.62. The third-order valence-corrected chi connectivity index (χ3v) is 4.48. The lowest BCUT2D eigenvalue weighted by Crippen LogP contribution is -2.15. The molecule has 0 spiro atoms. The van der Waals surface area contributed by atoms with Crippen molar-refractivity contribution in [2.75, 3.05) is 11.9 Å². The van der Waals surface area contributed by atoms with Crippen molar-refractivity contribution in [1.82, 2.24) is 0 Å². The maximum atomic E-state index is 12.4. The number of allylic oxidation sites excluding steroid dienone is 2. The zero-order chi connectivity index (χ0) is 14.7. The van der Waals surface area contributed by atoms with E-state index < -0.39 is 0 Å². The van der Waals surface area contributed by atoms with Crippen LogP contribution in [0.3, 0.4) is 0 Å². The maximum absolute atomic E-state index is 12.4. The molecule has 0 heterocycles. The Morgan fingerprint density at radius 2 is 2.10 bits per heavy atom. The second-order valence-electron chi connectivity index (χ2n) is 5.93. The summed E-state index contributed by atoms with van der Waals surface area (Å²) in [5.74, 6) is 2.20. The highest BCUT2D eigenvalue weighted by molar-refractivity contribution is 5.95. The predicted octanol–water partition coefficient (Wildman–Crippen LogP) is 4.02. The minimum Gasteiger partial charge on any atom is -0.494 e. The Kier molecular flexibility index (Phi) is 4.28. The quantitative estimate of drug-likeness (QED) is 0.849. The van der Waals surface area contributed by atoms with Crippen molar-refractivity contribution in [3.8, 4) is 5.75 Å². The van der Waals surface area contributed by atoms with Gasteiger partial charge < -0.3 is 10.1 Å². The van der Waals surface area contributed by atoms with Gasteiger partial charge in [-0.05, 0) is 62.3 Å². The molecule has 2 aliphatic rings. The van der Waals surface area contributed by atoms with Crippen molar-refractivity contribution in [2.24, 2.45) is 17.8 Å². The lowest BCUT2D eigenvalue weighted by atomic mass is 10.1. The van der Waals surface area contributed by atoms with E-state index in [1.165, 1.54) is 19.3 Å². The highest BCUT2D eigenvalue weighted by Gasteiger charge is 2.52. The largest absolute Gasteiger partial charge is 0.494 e. The predicted molar refractivity (Wildman–Crippen MR) is 84.3 cm³/mol. The lowest BCUT2D eigenvalue weighted by Gasteiger charge is -2.07. The van der Waals surface area contributed by atoms with Gasteiger partial charge in [0.1, 0.15) is 5.75 Å². The van der Waals surface area contributed by atoms with Crippen molar-refractivity contribution in [2.45, 2.75) is 32.6 Å². The van der Waals surface area contributed by atoms with Crippen molar-refractivity contribution in [3.63, 3.8) is 0 Å². The van der Waals surface area contributed by atoms with Crippen LogP contribution < -0.4 is 10.1 Å². The van der Waals surface area contributed by atoms with Gasteiger partial charge in [-0.15, -0.1) is 0 Å². The summed E-state index contributed by atoms with van der Waals surface area (Å²) in [6.07, 6.45) is 9.37. The molecule has 3 atom stereocenters. The molecule has 3 heteroatoms. The van der Waals surface area contributed by atoms with Crippen LogP contribution in [0.25, 0.3) is 0 Å². The van der Waals surface area contributed by atoms with Gasteiger partial charge in [0.05, 0.1) is 6.61 Å². The van der Waals surface area contributed by atoms with Gasteiger partial charge in [0.25, 0.3) is 0 Å². The van der Waals surface area contributed by atoms with Crippen LogP contribution in [-0.2, 0) is 4.79 Å². The molecule has 0 aromatic heterocycles. The summed E-state index contributed by atoms with van der Waals surface area (Å²) in [4.78, 5) is 12.4. The Balaban J connectivity index is 1.59. The van der Waals surface area contributed by atoms with Crippen molar-refractivity contribution >= 4 is 11.6 Å². The number of fused-ring (bicyclic) bond motifs is 1. The molecule has 0 bridgehead atoms. The van der Waals surface area contributed by atoms with Crippen LogP contribution in [0.1, 0.15) is 32.6 Å². The molecule has 1 fully saturated rings. The van der Waals surface area contributed by atoms with E-state index in [-0.39, 0.29) is 11.8 Å². The SMILES string of the molecule is CCOc1ccc(NC(=O)[C@@H]2[C@@H]3/C=C/CCCC[C@@H]32)cc1. The molecule has 1 aromatic carbocycles. The highest BCUT2D eigenvalue weighted by atomic mass is 16.5. The smallest absolute Gasteiger partial charge is 0.228 e. The van der Waals surface area contributed by atoms with E-state index in [9.17, 15) is 4.79 Å². The molecule has 3 rings (SSSR count). The van der Waals surface area contributed by atoms with Crippen LogP contribution in [0.2, 0.25) is 0 Å². The molecule has 2 aliphatic carbocycles. The minimum absolute atomic E-state index is 0.167.